The van der Waals surface area contributed by atoms with E-state index in [1.165, 1.54) is 19.3 Å². The molecule has 1 aromatic rings. The van der Waals surface area contributed by atoms with Gasteiger partial charge in [0.05, 0.1) is 11.7 Å². The van der Waals surface area contributed by atoms with Gasteiger partial charge in [0.1, 0.15) is 11.8 Å². The van der Waals surface area contributed by atoms with Crippen molar-refractivity contribution in [1.29, 1.82) is 5.26 Å². The number of benzene rings is 1. The van der Waals surface area contributed by atoms with Crippen LogP contribution in [0.2, 0.25) is 5.02 Å². The lowest BCUT2D eigenvalue weighted by atomic mass is 9.86. The lowest BCUT2D eigenvalue weighted by Crippen LogP contribution is -2.24. The van der Waals surface area contributed by atoms with E-state index in [4.69, 9.17) is 21.6 Å². The molecule has 18 heavy (non-hydrogen) atoms. The van der Waals surface area contributed by atoms with Crippen LogP contribution in [-0.2, 0) is 0 Å². The third-order valence-corrected chi connectivity index (χ3v) is 3.96. The predicted molar refractivity (Wildman–Crippen MR) is 72.8 cm³/mol. The average Bonchev–Trinajstić information content (AvgIpc) is 2.40. The van der Waals surface area contributed by atoms with Crippen LogP contribution in [0.5, 0.6) is 5.75 Å². The van der Waals surface area contributed by atoms with E-state index >= 15 is 0 Å². The van der Waals surface area contributed by atoms with E-state index in [1.807, 2.05) is 0 Å². The van der Waals surface area contributed by atoms with Crippen LogP contribution in [-0.4, -0.2) is 6.10 Å². The quantitative estimate of drug-likeness (QED) is 0.801. The molecule has 0 spiro atoms. The van der Waals surface area contributed by atoms with Crippen molar-refractivity contribution < 1.29 is 4.74 Å². The standard InChI is InChI=1S/C15H18ClNO/c1-2-11-3-7-14(8-4-11)18-15-9-13(16)6-5-12(15)10-17/h5-6,9,11,14H,2-4,7-8H2,1H3. The Morgan fingerprint density at radius 1 is 1.33 bits per heavy atom. The molecule has 0 atom stereocenters. The Labute approximate surface area is 114 Å². The van der Waals surface area contributed by atoms with Crippen molar-refractivity contribution in [2.75, 3.05) is 0 Å². The second-order valence-electron chi connectivity index (χ2n) is 4.92. The molecule has 0 N–H and O–H groups in total. The van der Waals surface area contributed by atoms with Gasteiger partial charge in [0, 0.05) is 11.1 Å². The summed E-state index contributed by atoms with van der Waals surface area (Å²) in [4.78, 5) is 0. The van der Waals surface area contributed by atoms with Gasteiger partial charge in [-0.1, -0.05) is 24.9 Å². The van der Waals surface area contributed by atoms with Crippen molar-refractivity contribution in [3.05, 3.63) is 28.8 Å². The Bertz CT molecular complexity index is 444. The van der Waals surface area contributed by atoms with Gasteiger partial charge >= 0.3 is 0 Å². The number of hydrogen-bond acceptors (Lipinski definition) is 2. The Morgan fingerprint density at radius 2 is 2.06 bits per heavy atom. The number of ether oxygens (including phenoxy) is 1. The van der Waals surface area contributed by atoms with Crippen molar-refractivity contribution in [2.24, 2.45) is 5.92 Å². The van der Waals surface area contributed by atoms with E-state index in [-0.39, 0.29) is 6.10 Å². The molecule has 0 aromatic heterocycles. The maximum absolute atomic E-state index is 9.05. The maximum atomic E-state index is 9.05. The summed E-state index contributed by atoms with van der Waals surface area (Å²) in [5.74, 6) is 1.48. The molecule has 0 saturated heterocycles. The summed E-state index contributed by atoms with van der Waals surface area (Å²) < 4.78 is 5.94. The molecule has 1 aliphatic rings. The number of nitriles is 1. The lowest BCUT2D eigenvalue weighted by Gasteiger charge is -2.28. The molecule has 1 aromatic carbocycles. The highest BCUT2D eigenvalue weighted by atomic mass is 35.5. The van der Waals surface area contributed by atoms with Crippen molar-refractivity contribution in [3.8, 4) is 11.8 Å². The van der Waals surface area contributed by atoms with E-state index in [2.05, 4.69) is 13.0 Å². The van der Waals surface area contributed by atoms with Crippen LogP contribution in [0.25, 0.3) is 0 Å². The number of rotatable bonds is 3. The number of hydrogen-bond donors (Lipinski definition) is 0. The fourth-order valence-electron chi connectivity index (χ4n) is 2.52. The van der Waals surface area contributed by atoms with Gasteiger partial charge in [0.15, 0.2) is 0 Å². The van der Waals surface area contributed by atoms with Gasteiger partial charge in [0.2, 0.25) is 0 Å². The summed E-state index contributed by atoms with van der Waals surface area (Å²) >= 11 is 5.95. The minimum atomic E-state index is 0.235. The highest BCUT2D eigenvalue weighted by Crippen LogP contribution is 2.31. The zero-order chi connectivity index (χ0) is 13.0. The van der Waals surface area contributed by atoms with Gasteiger partial charge in [-0.2, -0.15) is 5.26 Å². The van der Waals surface area contributed by atoms with Gasteiger partial charge < -0.3 is 4.74 Å². The summed E-state index contributed by atoms with van der Waals surface area (Å²) in [6.07, 6.45) is 6.10. The van der Waals surface area contributed by atoms with Gasteiger partial charge in [-0.05, 0) is 43.7 Å². The van der Waals surface area contributed by atoms with Gasteiger partial charge in [0.25, 0.3) is 0 Å². The first-order valence-corrected chi connectivity index (χ1v) is 6.97. The Hall–Kier alpha value is -1.20. The molecule has 96 valence electrons. The molecule has 3 heteroatoms. The lowest BCUT2D eigenvalue weighted by molar-refractivity contribution is 0.129. The van der Waals surface area contributed by atoms with E-state index in [9.17, 15) is 0 Å². The molecule has 2 rings (SSSR count). The maximum Gasteiger partial charge on any atom is 0.138 e. The third kappa shape index (κ3) is 3.17. The Morgan fingerprint density at radius 3 is 2.67 bits per heavy atom. The minimum absolute atomic E-state index is 0.235. The van der Waals surface area contributed by atoms with E-state index < -0.39 is 0 Å². The van der Waals surface area contributed by atoms with Crippen molar-refractivity contribution in [2.45, 2.75) is 45.1 Å². The molecule has 0 heterocycles. The van der Waals surface area contributed by atoms with Crippen LogP contribution >= 0.6 is 11.6 Å². The summed E-state index contributed by atoms with van der Waals surface area (Å²) in [6, 6.07) is 7.33. The SMILES string of the molecule is CCC1CCC(Oc2cc(Cl)ccc2C#N)CC1. The second-order valence-corrected chi connectivity index (χ2v) is 5.36. The van der Waals surface area contributed by atoms with Gasteiger partial charge in [-0.3, -0.25) is 0 Å². The third-order valence-electron chi connectivity index (χ3n) is 3.73. The van der Waals surface area contributed by atoms with Crippen molar-refractivity contribution in [1.82, 2.24) is 0 Å². The van der Waals surface area contributed by atoms with Crippen molar-refractivity contribution >= 4 is 11.6 Å². The summed E-state index contributed by atoms with van der Waals surface area (Å²) in [5.41, 5.74) is 0.567. The fourth-order valence-corrected chi connectivity index (χ4v) is 2.69. The molecule has 1 fully saturated rings. The highest BCUT2D eigenvalue weighted by molar-refractivity contribution is 6.30. The zero-order valence-electron chi connectivity index (χ0n) is 10.7. The predicted octanol–water partition coefficient (Wildman–Crippen LogP) is 4.56. The van der Waals surface area contributed by atoms with Crippen molar-refractivity contribution in [3.63, 3.8) is 0 Å². The first kappa shape index (κ1) is 13.2. The molecular formula is C15H18ClNO. The molecular weight excluding hydrogens is 246 g/mol. The monoisotopic (exact) mass is 263 g/mol. The summed E-state index contributed by atoms with van der Waals surface area (Å²) in [5, 5.41) is 9.66. The summed E-state index contributed by atoms with van der Waals surface area (Å²) in [6.45, 7) is 2.25. The molecule has 0 radical (unpaired) electrons. The van der Waals surface area contributed by atoms with Crippen LogP contribution in [0, 0.1) is 17.2 Å². The zero-order valence-corrected chi connectivity index (χ0v) is 11.4. The molecule has 0 unspecified atom stereocenters. The average molecular weight is 264 g/mol. The fraction of sp³-hybridized carbons (Fsp3) is 0.533. The molecule has 2 nitrogen and oxygen atoms in total. The largest absolute Gasteiger partial charge is 0.489 e. The van der Waals surface area contributed by atoms with Crippen LogP contribution in [0.1, 0.15) is 44.6 Å². The van der Waals surface area contributed by atoms with E-state index in [0.717, 1.165) is 18.8 Å². The Balaban J connectivity index is 2.02. The summed E-state index contributed by atoms with van der Waals surface area (Å²) in [7, 11) is 0. The molecule has 0 aliphatic heterocycles. The van der Waals surface area contributed by atoms with Gasteiger partial charge in [-0.15, -0.1) is 0 Å². The molecule has 0 amide bonds. The van der Waals surface area contributed by atoms with Crippen LogP contribution in [0.3, 0.4) is 0 Å². The van der Waals surface area contributed by atoms with E-state index in [1.54, 1.807) is 18.2 Å². The molecule has 0 bridgehead atoms. The Kier molecular flexibility index (Phi) is 4.49. The van der Waals surface area contributed by atoms with Crippen LogP contribution in [0.15, 0.2) is 18.2 Å². The van der Waals surface area contributed by atoms with Crippen LogP contribution in [0.4, 0.5) is 0 Å². The smallest absolute Gasteiger partial charge is 0.138 e. The van der Waals surface area contributed by atoms with E-state index in [0.29, 0.717) is 16.3 Å². The second kappa shape index (κ2) is 6.11. The number of halogens is 1. The van der Waals surface area contributed by atoms with Gasteiger partial charge in [-0.25, -0.2) is 0 Å². The number of nitrogens with zero attached hydrogens (tertiary/aromatic N) is 1. The minimum Gasteiger partial charge on any atom is -0.489 e. The first-order valence-electron chi connectivity index (χ1n) is 6.59. The van der Waals surface area contributed by atoms with Crippen LogP contribution < -0.4 is 4.74 Å². The molecule has 1 aliphatic carbocycles. The topological polar surface area (TPSA) is 33.0 Å². The first-order chi connectivity index (χ1) is 8.72. The molecule has 1 saturated carbocycles. The highest BCUT2D eigenvalue weighted by Gasteiger charge is 2.22. The normalized spacial score (nSPS) is 23.4.